The molecule has 0 atom stereocenters. The molecule has 2 aromatic carbocycles. The summed E-state index contributed by atoms with van der Waals surface area (Å²) >= 11 is 0. The summed E-state index contributed by atoms with van der Waals surface area (Å²) in [6, 6.07) is 14.8. The van der Waals surface area contributed by atoms with E-state index in [2.05, 4.69) is 33.9 Å². The molecule has 4 rings (SSSR count). The second-order valence-electron chi connectivity index (χ2n) is 9.23. The van der Waals surface area contributed by atoms with Crippen LogP contribution in [0.25, 0.3) is 6.08 Å². The van der Waals surface area contributed by atoms with Crippen molar-refractivity contribution in [2.75, 3.05) is 39.8 Å². The van der Waals surface area contributed by atoms with Gasteiger partial charge in [0.05, 0.1) is 7.11 Å². The molecule has 2 fully saturated rings. The Morgan fingerprint density at radius 3 is 2.43 bits per heavy atom. The Hall–Kier alpha value is -2.68. The number of benzene rings is 2. The lowest BCUT2D eigenvalue weighted by atomic mass is 9.96. The molecule has 1 aliphatic carbocycles. The first-order valence-electron chi connectivity index (χ1n) is 12.4. The highest BCUT2D eigenvalue weighted by Gasteiger charge is 2.28. The van der Waals surface area contributed by atoms with E-state index in [0.29, 0.717) is 18.7 Å². The van der Waals surface area contributed by atoms with Gasteiger partial charge < -0.3 is 9.64 Å². The molecule has 1 amide bonds. The van der Waals surface area contributed by atoms with Gasteiger partial charge in [0, 0.05) is 44.3 Å². The number of hydrogen-bond acceptors (Lipinski definition) is 5. The average Bonchev–Trinajstić information content (AvgIpc) is 2.89. The van der Waals surface area contributed by atoms with Crippen molar-refractivity contribution in [2.24, 2.45) is 0 Å². The maximum atomic E-state index is 13.2. The van der Waals surface area contributed by atoms with Gasteiger partial charge in [0.2, 0.25) is 10.0 Å². The molecule has 0 unspecified atom stereocenters. The van der Waals surface area contributed by atoms with Crippen molar-refractivity contribution in [1.29, 1.82) is 0 Å². The van der Waals surface area contributed by atoms with Gasteiger partial charge in [-0.1, -0.05) is 61.7 Å². The number of nitrogens with zero attached hydrogens (tertiary/aromatic N) is 2. The van der Waals surface area contributed by atoms with E-state index in [4.69, 9.17) is 4.74 Å². The fourth-order valence-corrected chi connectivity index (χ4v) is 6.24. The summed E-state index contributed by atoms with van der Waals surface area (Å²) in [5.74, 6) is 0.0983. The first-order valence-corrected chi connectivity index (χ1v) is 13.9. The van der Waals surface area contributed by atoms with Gasteiger partial charge in [0.1, 0.15) is 10.6 Å². The number of methoxy groups -OCH3 is 1. The molecule has 0 bridgehead atoms. The average molecular weight is 498 g/mol. The maximum Gasteiger partial charge on any atom is 0.253 e. The first kappa shape index (κ1) is 25.4. The van der Waals surface area contributed by atoms with Crippen LogP contribution in [-0.2, 0) is 10.0 Å². The summed E-state index contributed by atoms with van der Waals surface area (Å²) < 4.78 is 34.4. The van der Waals surface area contributed by atoms with Crippen molar-refractivity contribution in [3.05, 3.63) is 65.7 Å². The minimum Gasteiger partial charge on any atom is -0.495 e. The summed E-state index contributed by atoms with van der Waals surface area (Å²) in [6.07, 6.45) is 9.12. The third kappa shape index (κ3) is 6.72. The van der Waals surface area contributed by atoms with E-state index in [9.17, 15) is 13.2 Å². The Morgan fingerprint density at radius 1 is 1.03 bits per heavy atom. The summed E-state index contributed by atoms with van der Waals surface area (Å²) in [7, 11) is -2.35. The fourth-order valence-electron chi connectivity index (χ4n) is 4.74. The van der Waals surface area contributed by atoms with Crippen molar-refractivity contribution in [3.8, 4) is 5.75 Å². The molecule has 0 aromatic heterocycles. The molecule has 0 radical (unpaired) electrons. The number of amides is 1. The molecule has 1 aliphatic heterocycles. The Kier molecular flexibility index (Phi) is 8.59. The summed E-state index contributed by atoms with van der Waals surface area (Å²) in [4.78, 5) is 17.3. The zero-order chi connectivity index (χ0) is 24.7. The van der Waals surface area contributed by atoms with Crippen LogP contribution in [0.1, 0.15) is 48.0 Å². The molecule has 0 spiro atoms. The minimum atomic E-state index is -3.79. The Bertz CT molecular complexity index is 1120. The quantitative estimate of drug-likeness (QED) is 0.601. The molecule has 1 saturated carbocycles. The van der Waals surface area contributed by atoms with E-state index < -0.39 is 10.0 Å². The number of carbonyl (C=O) groups excluding carboxylic acids is 1. The van der Waals surface area contributed by atoms with E-state index in [-0.39, 0.29) is 22.6 Å². The standard InChI is InChI=1S/C27H35N3O4S/c1-34-25-15-14-23(21-26(25)35(32,33)28-24-12-6-3-7-13-24)27(31)30-19-17-29(18-20-30)16-8-11-22-9-4-2-5-10-22/h2,4-5,8-11,14-15,21,24,28H,3,6-7,12-13,16-20H2,1H3/b11-8+. The lowest BCUT2D eigenvalue weighted by Gasteiger charge is -2.34. The first-order chi connectivity index (χ1) is 17.0. The fraction of sp³-hybridized carbons (Fsp3) is 0.444. The second-order valence-corrected chi connectivity index (χ2v) is 10.9. The molecule has 188 valence electrons. The summed E-state index contributed by atoms with van der Waals surface area (Å²) in [5.41, 5.74) is 1.54. The van der Waals surface area contributed by atoms with Crippen LogP contribution in [0.3, 0.4) is 0 Å². The topological polar surface area (TPSA) is 79.0 Å². The van der Waals surface area contributed by atoms with Crippen molar-refractivity contribution < 1.29 is 17.9 Å². The van der Waals surface area contributed by atoms with Crippen molar-refractivity contribution >= 4 is 22.0 Å². The zero-order valence-electron chi connectivity index (χ0n) is 20.4. The molecular formula is C27H35N3O4S. The molecule has 7 nitrogen and oxygen atoms in total. The van der Waals surface area contributed by atoms with Crippen LogP contribution in [0, 0.1) is 0 Å². The van der Waals surface area contributed by atoms with Crippen LogP contribution in [0.4, 0.5) is 0 Å². The Morgan fingerprint density at radius 2 is 1.74 bits per heavy atom. The molecule has 1 heterocycles. The highest BCUT2D eigenvalue weighted by atomic mass is 32.2. The van der Waals surface area contributed by atoms with Crippen LogP contribution < -0.4 is 9.46 Å². The number of hydrogen-bond donors (Lipinski definition) is 1. The van der Waals surface area contributed by atoms with Crippen molar-refractivity contribution in [2.45, 2.75) is 43.0 Å². The third-order valence-corrected chi connectivity index (χ3v) is 8.30. The number of sulfonamides is 1. The van der Waals surface area contributed by atoms with Gasteiger partial charge in [-0.2, -0.15) is 0 Å². The monoisotopic (exact) mass is 497 g/mol. The number of ether oxygens (including phenoxy) is 1. The van der Waals surface area contributed by atoms with Gasteiger partial charge in [-0.05, 0) is 36.6 Å². The number of carbonyl (C=O) groups is 1. The Balaban J connectivity index is 1.38. The highest BCUT2D eigenvalue weighted by Crippen LogP contribution is 2.27. The van der Waals surface area contributed by atoms with Crippen LogP contribution in [0.5, 0.6) is 5.75 Å². The molecule has 2 aliphatic rings. The zero-order valence-corrected chi connectivity index (χ0v) is 21.2. The number of piperazine rings is 1. The van der Waals surface area contributed by atoms with Crippen LogP contribution >= 0.6 is 0 Å². The normalized spacial score (nSPS) is 18.1. The maximum absolute atomic E-state index is 13.2. The number of rotatable bonds is 8. The molecular weight excluding hydrogens is 462 g/mol. The van der Waals surface area contributed by atoms with E-state index in [1.54, 1.807) is 17.0 Å². The highest BCUT2D eigenvalue weighted by molar-refractivity contribution is 7.89. The third-order valence-electron chi connectivity index (χ3n) is 6.76. The van der Waals surface area contributed by atoms with Gasteiger partial charge in [-0.3, -0.25) is 9.69 Å². The molecule has 35 heavy (non-hydrogen) atoms. The van der Waals surface area contributed by atoms with E-state index >= 15 is 0 Å². The molecule has 2 aromatic rings. The van der Waals surface area contributed by atoms with Crippen molar-refractivity contribution in [3.63, 3.8) is 0 Å². The summed E-state index contributed by atoms with van der Waals surface area (Å²) in [5, 5.41) is 0. The van der Waals surface area contributed by atoms with E-state index in [1.165, 1.54) is 18.7 Å². The largest absolute Gasteiger partial charge is 0.495 e. The predicted octanol–water partition coefficient (Wildman–Crippen LogP) is 3.78. The smallest absolute Gasteiger partial charge is 0.253 e. The lowest BCUT2D eigenvalue weighted by molar-refractivity contribution is 0.0650. The van der Waals surface area contributed by atoms with Crippen LogP contribution in [0.15, 0.2) is 59.5 Å². The Labute approximate surface area is 208 Å². The van der Waals surface area contributed by atoms with Gasteiger partial charge in [-0.15, -0.1) is 0 Å². The van der Waals surface area contributed by atoms with Crippen molar-refractivity contribution in [1.82, 2.24) is 14.5 Å². The minimum absolute atomic E-state index is 0.0288. The molecule has 1 saturated heterocycles. The molecule has 8 heteroatoms. The second kappa shape index (κ2) is 11.8. The van der Waals surface area contributed by atoms with Gasteiger partial charge >= 0.3 is 0 Å². The predicted molar refractivity (Wildman–Crippen MR) is 138 cm³/mol. The van der Waals surface area contributed by atoms with E-state index in [0.717, 1.165) is 51.7 Å². The summed E-state index contributed by atoms with van der Waals surface area (Å²) in [6.45, 7) is 3.58. The van der Waals surface area contributed by atoms with Gasteiger partial charge in [-0.25, -0.2) is 13.1 Å². The van der Waals surface area contributed by atoms with Gasteiger partial charge in [0.25, 0.3) is 5.91 Å². The molecule has 1 N–H and O–H groups in total. The van der Waals surface area contributed by atoms with Crippen LogP contribution in [-0.4, -0.2) is 70.0 Å². The van der Waals surface area contributed by atoms with E-state index in [1.807, 2.05) is 18.2 Å². The van der Waals surface area contributed by atoms with Crippen LogP contribution in [0.2, 0.25) is 0 Å². The van der Waals surface area contributed by atoms with Gasteiger partial charge in [0.15, 0.2) is 0 Å². The lowest BCUT2D eigenvalue weighted by Crippen LogP contribution is -2.48. The SMILES string of the molecule is COc1ccc(C(=O)N2CCN(C/C=C/c3ccccc3)CC2)cc1S(=O)(=O)NC1CCCCC1. The number of nitrogens with one attached hydrogen (secondary N) is 1.